The molecule has 0 aliphatic carbocycles. The van der Waals surface area contributed by atoms with Crippen molar-refractivity contribution in [1.82, 2.24) is 20.4 Å². The molecule has 0 spiro atoms. The molecule has 0 bridgehead atoms. The molecule has 1 fully saturated rings. The molecule has 120 valence electrons. The van der Waals surface area contributed by atoms with Crippen molar-refractivity contribution in [3.05, 3.63) is 29.7 Å². The molecule has 2 N–H and O–H groups in total. The van der Waals surface area contributed by atoms with Crippen molar-refractivity contribution in [1.29, 1.82) is 0 Å². The maximum Gasteiger partial charge on any atom is 0.152 e. The Balaban J connectivity index is 1.56. The van der Waals surface area contributed by atoms with E-state index in [-0.39, 0.29) is 0 Å². The normalized spacial score (nSPS) is 17.2. The molecular formula is C17H26N4O. The second-order valence-corrected chi connectivity index (χ2v) is 6.12. The molecule has 5 heteroatoms. The zero-order valence-corrected chi connectivity index (χ0v) is 13.6. The summed E-state index contributed by atoms with van der Waals surface area (Å²) < 4.78 is 5.69. The Morgan fingerprint density at radius 1 is 1.36 bits per heavy atom. The molecule has 0 saturated carbocycles. The van der Waals surface area contributed by atoms with Crippen LogP contribution in [-0.4, -0.2) is 40.8 Å². The van der Waals surface area contributed by atoms with Gasteiger partial charge in [-0.3, -0.25) is 10.00 Å². The summed E-state index contributed by atoms with van der Waals surface area (Å²) in [6, 6.07) is 4.61. The topological polar surface area (TPSA) is 57.1 Å². The summed E-state index contributed by atoms with van der Waals surface area (Å²) in [7, 11) is 0. The highest BCUT2D eigenvalue weighted by Crippen LogP contribution is 2.23. The van der Waals surface area contributed by atoms with E-state index in [4.69, 9.17) is 4.42 Å². The van der Waals surface area contributed by atoms with E-state index in [2.05, 4.69) is 27.3 Å². The summed E-state index contributed by atoms with van der Waals surface area (Å²) in [5.74, 6) is 1.78. The largest absolute Gasteiger partial charge is 0.460 e. The SMILES string of the molecule is CCC(CNCc1cn[nH]c1-c1ccc(C)o1)N1CCCC1. The van der Waals surface area contributed by atoms with Crippen LogP contribution in [0.3, 0.4) is 0 Å². The Labute approximate surface area is 132 Å². The first kappa shape index (κ1) is 15.3. The molecule has 3 rings (SSSR count). The number of nitrogens with one attached hydrogen (secondary N) is 2. The second kappa shape index (κ2) is 7.11. The molecule has 22 heavy (non-hydrogen) atoms. The lowest BCUT2D eigenvalue weighted by molar-refractivity contribution is 0.229. The quantitative estimate of drug-likeness (QED) is 0.825. The van der Waals surface area contributed by atoms with E-state index >= 15 is 0 Å². The molecule has 1 saturated heterocycles. The summed E-state index contributed by atoms with van der Waals surface area (Å²) in [6.07, 6.45) is 5.78. The van der Waals surface area contributed by atoms with E-state index < -0.39 is 0 Å². The summed E-state index contributed by atoms with van der Waals surface area (Å²) in [5.41, 5.74) is 2.14. The van der Waals surface area contributed by atoms with Gasteiger partial charge in [0.15, 0.2) is 5.76 Å². The molecule has 2 aromatic rings. The lowest BCUT2D eigenvalue weighted by Gasteiger charge is -2.26. The Morgan fingerprint density at radius 2 is 2.18 bits per heavy atom. The van der Waals surface area contributed by atoms with Crippen LogP contribution in [0.5, 0.6) is 0 Å². The Kier molecular flexibility index (Phi) is 4.95. The number of H-pyrrole nitrogens is 1. The van der Waals surface area contributed by atoms with Gasteiger partial charge in [-0.15, -0.1) is 0 Å². The number of nitrogens with zero attached hydrogens (tertiary/aromatic N) is 2. The lowest BCUT2D eigenvalue weighted by Crippen LogP contribution is -2.40. The number of rotatable bonds is 7. The van der Waals surface area contributed by atoms with E-state index in [9.17, 15) is 0 Å². The first-order valence-electron chi connectivity index (χ1n) is 8.31. The minimum absolute atomic E-state index is 0.642. The van der Waals surface area contributed by atoms with Gasteiger partial charge >= 0.3 is 0 Å². The van der Waals surface area contributed by atoms with E-state index in [1.807, 2.05) is 25.3 Å². The van der Waals surface area contributed by atoms with Crippen LogP contribution in [0.25, 0.3) is 11.5 Å². The fraction of sp³-hybridized carbons (Fsp3) is 0.588. The highest BCUT2D eigenvalue weighted by atomic mass is 16.3. The summed E-state index contributed by atoms with van der Waals surface area (Å²) in [4.78, 5) is 2.61. The maximum absolute atomic E-state index is 5.69. The zero-order valence-electron chi connectivity index (χ0n) is 13.6. The van der Waals surface area contributed by atoms with Gasteiger partial charge in [-0.25, -0.2) is 0 Å². The average molecular weight is 302 g/mol. The Morgan fingerprint density at radius 3 is 2.86 bits per heavy atom. The monoisotopic (exact) mass is 302 g/mol. The van der Waals surface area contributed by atoms with Crippen LogP contribution >= 0.6 is 0 Å². The first-order valence-corrected chi connectivity index (χ1v) is 8.31. The van der Waals surface area contributed by atoms with Gasteiger partial charge in [-0.1, -0.05) is 6.92 Å². The first-order chi connectivity index (χ1) is 10.8. The van der Waals surface area contributed by atoms with Crippen LogP contribution in [0.1, 0.15) is 37.5 Å². The van der Waals surface area contributed by atoms with Gasteiger partial charge < -0.3 is 9.73 Å². The standard InChI is InChI=1S/C17H26N4O/c1-3-15(21-8-4-5-9-21)12-18-10-14-11-19-20-17(14)16-7-6-13(2)22-16/h6-7,11,15,18H,3-5,8-10,12H2,1-2H3,(H,19,20). The highest BCUT2D eigenvalue weighted by molar-refractivity contribution is 5.56. The third-order valence-corrected chi connectivity index (χ3v) is 4.53. The molecule has 1 atom stereocenters. The second-order valence-electron chi connectivity index (χ2n) is 6.12. The van der Waals surface area contributed by atoms with Crippen molar-refractivity contribution in [3.8, 4) is 11.5 Å². The van der Waals surface area contributed by atoms with Crippen LogP contribution in [-0.2, 0) is 6.54 Å². The van der Waals surface area contributed by atoms with E-state index in [0.717, 1.165) is 35.9 Å². The predicted molar refractivity (Wildman–Crippen MR) is 87.6 cm³/mol. The zero-order chi connectivity index (χ0) is 15.4. The van der Waals surface area contributed by atoms with E-state index in [0.29, 0.717) is 6.04 Å². The Hall–Kier alpha value is -1.59. The summed E-state index contributed by atoms with van der Waals surface area (Å²) >= 11 is 0. The van der Waals surface area contributed by atoms with Crippen molar-refractivity contribution in [2.24, 2.45) is 0 Å². The molecule has 1 unspecified atom stereocenters. The van der Waals surface area contributed by atoms with E-state index in [1.54, 1.807) is 0 Å². The minimum Gasteiger partial charge on any atom is -0.460 e. The van der Waals surface area contributed by atoms with Crippen LogP contribution in [0, 0.1) is 6.92 Å². The van der Waals surface area contributed by atoms with Crippen molar-refractivity contribution >= 4 is 0 Å². The van der Waals surface area contributed by atoms with Crippen LogP contribution in [0.2, 0.25) is 0 Å². The highest BCUT2D eigenvalue weighted by Gasteiger charge is 2.20. The number of aryl methyl sites for hydroxylation is 1. The molecule has 0 amide bonds. The smallest absolute Gasteiger partial charge is 0.152 e. The van der Waals surface area contributed by atoms with Crippen molar-refractivity contribution in [3.63, 3.8) is 0 Å². The van der Waals surface area contributed by atoms with Gasteiger partial charge in [0.2, 0.25) is 0 Å². The van der Waals surface area contributed by atoms with Crippen molar-refractivity contribution in [2.45, 2.75) is 45.7 Å². The van der Waals surface area contributed by atoms with Crippen LogP contribution in [0.4, 0.5) is 0 Å². The third-order valence-electron chi connectivity index (χ3n) is 4.53. The molecule has 0 aromatic carbocycles. The predicted octanol–water partition coefficient (Wildman–Crippen LogP) is 2.94. The molecule has 0 radical (unpaired) electrons. The molecular weight excluding hydrogens is 276 g/mol. The number of aromatic nitrogens is 2. The molecule has 5 nitrogen and oxygen atoms in total. The number of aromatic amines is 1. The molecule has 3 heterocycles. The molecule has 2 aromatic heterocycles. The number of furan rings is 1. The van der Waals surface area contributed by atoms with Crippen molar-refractivity contribution in [2.75, 3.05) is 19.6 Å². The minimum atomic E-state index is 0.642. The van der Waals surface area contributed by atoms with Gasteiger partial charge in [-0.2, -0.15) is 5.10 Å². The van der Waals surface area contributed by atoms with Crippen LogP contribution in [0.15, 0.2) is 22.7 Å². The maximum atomic E-state index is 5.69. The van der Waals surface area contributed by atoms with E-state index in [1.165, 1.54) is 32.4 Å². The third kappa shape index (κ3) is 3.42. The number of likely N-dealkylation sites (tertiary alicyclic amines) is 1. The van der Waals surface area contributed by atoms with Crippen LogP contribution < -0.4 is 5.32 Å². The van der Waals surface area contributed by atoms with Gasteiger partial charge in [0.1, 0.15) is 11.5 Å². The van der Waals surface area contributed by atoms with Gasteiger partial charge in [0.25, 0.3) is 0 Å². The van der Waals surface area contributed by atoms with Gasteiger partial charge in [0.05, 0.1) is 6.20 Å². The molecule has 1 aliphatic heterocycles. The van der Waals surface area contributed by atoms with Gasteiger partial charge in [-0.05, 0) is 51.4 Å². The number of hydrogen-bond donors (Lipinski definition) is 2. The van der Waals surface area contributed by atoms with Gasteiger partial charge in [0, 0.05) is 24.7 Å². The summed E-state index contributed by atoms with van der Waals surface area (Å²) in [6.45, 7) is 8.58. The average Bonchev–Trinajstić information content (AvgIpc) is 3.24. The molecule has 1 aliphatic rings. The number of hydrogen-bond acceptors (Lipinski definition) is 4. The fourth-order valence-corrected chi connectivity index (χ4v) is 3.24. The lowest BCUT2D eigenvalue weighted by atomic mass is 10.1. The van der Waals surface area contributed by atoms with Crippen molar-refractivity contribution < 1.29 is 4.42 Å². The summed E-state index contributed by atoms with van der Waals surface area (Å²) in [5, 5.41) is 10.8. The Bertz CT molecular complexity index is 583. The fourth-order valence-electron chi connectivity index (χ4n) is 3.24.